The van der Waals surface area contributed by atoms with Crippen molar-refractivity contribution in [2.45, 2.75) is 41.5 Å². The predicted molar refractivity (Wildman–Crippen MR) is 161 cm³/mol. The van der Waals surface area contributed by atoms with Gasteiger partial charge in [-0.25, -0.2) is 9.59 Å². The Kier molecular flexibility index (Phi) is 15.9. The van der Waals surface area contributed by atoms with Crippen LogP contribution in [0, 0.1) is 0 Å². The van der Waals surface area contributed by atoms with Crippen LogP contribution in [0.15, 0.2) is 59.2 Å². The molecule has 2 aromatic carbocycles. The lowest BCUT2D eigenvalue weighted by molar-refractivity contribution is -0.138. The number of esters is 2. The third kappa shape index (κ3) is 10.5. The topological polar surface area (TPSA) is 89.5 Å². The Balaban J connectivity index is 2.33. The summed E-state index contributed by atoms with van der Waals surface area (Å²) in [6, 6.07) is 15.7. The van der Waals surface area contributed by atoms with Crippen molar-refractivity contribution in [3.63, 3.8) is 0 Å². The van der Waals surface area contributed by atoms with Crippen LogP contribution in [-0.4, -0.2) is 51.6 Å². The molecule has 0 fully saturated rings. The summed E-state index contributed by atoms with van der Waals surface area (Å²) in [5.41, 5.74) is 3.66. The second-order valence-corrected chi connectivity index (χ2v) is 11.0. The molecule has 10 heteroatoms. The third-order valence-electron chi connectivity index (χ3n) is 5.11. The zero-order chi connectivity index (χ0) is 29.3. The predicted octanol–water partition coefficient (Wildman–Crippen LogP) is 7.93. The van der Waals surface area contributed by atoms with Crippen molar-refractivity contribution < 1.29 is 37.2 Å². The Morgan fingerprint density at radius 2 is 0.825 bits per heavy atom. The fourth-order valence-corrected chi connectivity index (χ4v) is 6.04. The van der Waals surface area contributed by atoms with Crippen LogP contribution in [0.5, 0.6) is 0 Å². The average molecular weight is 591 g/mol. The molecule has 0 N–H and O–H groups in total. The highest BCUT2D eigenvalue weighted by molar-refractivity contribution is 7.54. The molecule has 40 heavy (non-hydrogen) atoms. The monoisotopic (exact) mass is 590 g/mol. The Labute approximate surface area is 240 Å². The van der Waals surface area contributed by atoms with Crippen LogP contribution in [0.3, 0.4) is 0 Å². The van der Waals surface area contributed by atoms with Crippen molar-refractivity contribution in [2.24, 2.45) is 0 Å². The molecule has 2 aromatic rings. The number of ether oxygens (including phenoxy) is 2. The number of rotatable bonds is 17. The third-order valence-corrected chi connectivity index (χ3v) is 8.49. The van der Waals surface area contributed by atoms with E-state index >= 15 is 0 Å². The highest BCUT2D eigenvalue weighted by Crippen LogP contribution is 2.49. The largest absolute Gasteiger partial charge is 0.462 e. The fourth-order valence-electron chi connectivity index (χ4n) is 3.46. The van der Waals surface area contributed by atoms with E-state index in [2.05, 4.69) is 0 Å². The molecule has 0 aromatic heterocycles. The second-order valence-electron chi connectivity index (χ2n) is 7.93. The van der Waals surface area contributed by atoms with E-state index in [4.69, 9.17) is 27.6 Å². The van der Waals surface area contributed by atoms with Crippen molar-refractivity contribution in [3.05, 3.63) is 70.3 Å². The van der Waals surface area contributed by atoms with Gasteiger partial charge in [0.25, 0.3) is 0 Å². The molecule has 0 aliphatic carbocycles. The summed E-state index contributed by atoms with van der Waals surface area (Å²) in [6.07, 6.45) is 3.52. The van der Waals surface area contributed by atoms with Gasteiger partial charge in [-0.1, -0.05) is 48.5 Å². The van der Waals surface area contributed by atoms with Crippen LogP contribution in [0.2, 0.25) is 0 Å². The maximum atomic E-state index is 12.6. The maximum Gasteiger partial charge on any atom is 0.343 e. The van der Waals surface area contributed by atoms with E-state index < -0.39 is 28.7 Å². The molecule has 0 radical (unpaired) electrons. The molecular formula is C30H40O8P2. The van der Waals surface area contributed by atoms with Gasteiger partial charge < -0.3 is 27.6 Å². The highest BCUT2D eigenvalue weighted by Gasteiger charge is 2.26. The quantitative estimate of drug-likeness (QED) is 0.104. The highest BCUT2D eigenvalue weighted by atomic mass is 31.2. The molecule has 0 unspecified atom stereocenters. The Morgan fingerprint density at radius 1 is 0.525 bits per heavy atom. The molecule has 2 rings (SSSR count). The number of carbonyl (C=O) groups is 2. The first kappa shape index (κ1) is 33.8. The van der Waals surface area contributed by atoms with Crippen LogP contribution in [0.25, 0.3) is 23.3 Å². The zero-order valence-corrected chi connectivity index (χ0v) is 26.0. The molecule has 0 aliphatic rings. The molecule has 8 nitrogen and oxygen atoms in total. The number of hydrogen-bond donors (Lipinski definition) is 0. The van der Waals surface area contributed by atoms with Crippen molar-refractivity contribution in [1.82, 2.24) is 0 Å². The first-order valence-electron chi connectivity index (χ1n) is 13.5. The van der Waals surface area contributed by atoms with Crippen molar-refractivity contribution in [2.75, 3.05) is 39.6 Å². The van der Waals surface area contributed by atoms with E-state index in [9.17, 15) is 9.59 Å². The van der Waals surface area contributed by atoms with Gasteiger partial charge in [-0.05, 0) is 75.9 Å². The fraction of sp³-hybridized carbons (Fsp3) is 0.400. The Hall–Kier alpha value is -2.44. The van der Waals surface area contributed by atoms with E-state index in [0.717, 1.165) is 22.3 Å². The summed E-state index contributed by atoms with van der Waals surface area (Å²) in [4.78, 5) is 25.3. The van der Waals surface area contributed by atoms with Crippen LogP contribution in [0.4, 0.5) is 0 Å². The summed E-state index contributed by atoms with van der Waals surface area (Å²) in [6.45, 7) is 13.2. The van der Waals surface area contributed by atoms with Gasteiger partial charge in [-0.2, -0.15) is 0 Å². The van der Waals surface area contributed by atoms with E-state index in [-0.39, 0.29) is 13.2 Å². The SMILES string of the molecule is CCOC(=O)/C(=C\c1ccc(-c2ccc(/C=C(\C(=O)OCC)P(OCC)OCC)cc2)cc1)P(OCC)OCC. The average Bonchev–Trinajstić information content (AvgIpc) is 2.95. The van der Waals surface area contributed by atoms with Gasteiger partial charge >= 0.3 is 11.9 Å². The second kappa shape index (κ2) is 18.8. The molecule has 0 atom stereocenters. The molecule has 0 aliphatic heterocycles. The van der Waals surface area contributed by atoms with Gasteiger partial charge in [0, 0.05) is 0 Å². The normalized spacial score (nSPS) is 12.2. The van der Waals surface area contributed by atoms with E-state index in [1.54, 1.807) is 26.0 Å². The van der Waals surface area contributed by atoms with Crippen LogP contribution < -0.4 is 0 Å². The minimum absolute atomic E-state index is 0.266. The molecule has 0 saturated heterocycles. The molecule has 0 spiro atoms. The summed E-state index contributed by atoms with van der Waals surface area (Å²) in [5.74, 6) is -0.884. The van der Waals surface area contributed by atoms with Gasteiger partial charge in [-0.15, -0.1) is 0 Å². The zero-order valence-electron chi connectivity index (χ0n) is 24.2. The van der Waals surface area contributed by atoms with Crippen LogP contribution in [0.1, 0.15) is 52.7 Å². The Bertz CT molecular complexity index is 1010. The molecule has 218 valence electrons. The Morgan fingerprint density at radius 3 is 1.07 bits per heavy atom. The molecule has 0 bridgehead atoms. The van der Waals surface area contributed by atoms with E-state index in [1.807, 2.05) is 76.2 Å². The van der Waals surface area contributed by atoms with E-state index in [1.165, 1.54) is 0 Å². The van der Waals surface area contributed by atoms with Crippen molar-refractivity contribution in [3.8, 4) is 11.1 Å². The first-order valence-corrected chi connectivity index (χ1v) is 15.9. The minimum Gasteiger partial charge on any atom is -0.462 e. The lowest BCUT2D eigenvalue weighted by Crippen LogP contribution is -2.09. The number of hydrogen-bond acceptors (Lipinski definition) is 8. The lowest BCUT2D eigenvalue weighted by atomic mass is 10.0. The van der Waals surface area contributed by atoms with Gasteiger partial charge in [0.05, 0.1) is 39.6 Å². The molecule has 0 amide bonds. The lowest BCUT2D eigenvalue weighted by Gasteiger charge is -2.18. The number of carbonyl (C=O) groups excluding carboxylic acids is 2. The van der Waals surface area contributed by atoms with Crippen LogP contribution in [-0.2, 0) is 37.2 Å². The molecular weight excluding hydrogens is 550 g/mol. The van der Waals surface area contributed by atoms with Gasteiger partial charge in [0.1, 0.15) is 10.6 Å². The van der Waals surface area contributed by atoms with Gasteiger partial charge in [0.2, 0.25) is 16.8 Å². The van der Waals surface area contributed by atoms with Crippen LogP contribution >= 0.6 is 16.8 Å². The summed E-state index contributed by atoms with van der Waals surface area (Å²) in [5, 5.41) is 0.752. The molecule has 0 saturated carbocycles. The van der Waals surface area contributed by atoms with Gasteiger partial charge in [-0.3, -0.25) is 0 Å². The smallest absolute Gasteiger partial charge is 0.343 e. The van der Waals surface area contributed by atoms with Crippen molar-refractivity contribution >= 4 is 40.8 Å². The molecule has 0 heterocycles. The van der Waals surface area contributed by atoms with Crippen molar-refractivity contribution in [1.29, 1.82) is 0 Å². The first-order chi connectivity index (χ1) is 19.4. The summed E-state index contributed by atoms with van der Waals surface area (Å²) in [7, 11) is -3.09. The maximum absolute atomic E-state index is 12.6. The number of benzene rings is 2. The summed E-state index contributed by atoms with van der Waals surface area (Å²) >= 11 is 0. The standard InChI is InChI=1S/C30H40O8P2/c1-7-33-29(31)27(39(35-9-3)36-10-4)21-23-13-17-25(18-14-23)26-19-15-24(16-20-26)22-28(30(32)34-8-2)40(37-11-5)38-12-6/h13-22H,7-12H2,1-6H3/b27-21+,28-22+. The van der Waals surface area contributed by atoms with Gasteiger partial charge in [0.15, 0.2) is 0 Å². The minimum atomic E-state index is -1.55. The summed E-state index contributed by atoms with van der Waals surface area (Å²) < 4.78 is 33.3. The van der Waals surface area contributed by atoms with E-state index in [0.29, 0.717) is 37.1 Å².